The number of hydrogen-bond donors (Lipinski definition) is 2. The highest BCUT2D eigenvalue weighted by atomic mass is 16.3. The molecule has 76 valence electrons. The van der Waals surface area contributed by atoms with E-state index in [0.717, 1.165) is 12.0 Å². The molecule has 0 spiro atoms. The number of likely N-dealkylation sites (N-methyl/N-ethyl adjacent to an activating group) is 2. The van der Waals surface area contributed by atoms with Gasteiger partial charge in [0.1, 0.15) is 0 Å². The molecule has 1 atom stereocenters. The molecule has 1 heterocycles. The Kier molecular flexibility index (Phi) is 2.44. The first-order valence-corrected chi connectivity index (χ1v) is 4.89. The molecule has 0 bridgehead atoms. The topological polar surface area (TPSA) is 35.5 Å². The molecule has 1 aliphatic heterocycles. The number of hydrogen-bond acceptors (Lipinski definition) is 3. The van der Waals surface area contributed by atoms with Gasteiger partial charge in [-0.1, -0.05) is 12.1 Å². The zero-order chi connectivity index (χ0) is 10.1. The lowest BCUT2D eigenvalue weighted by Gasteiger charge is -2.21. The van der Waals surface area contributed by atoms with Gasteiger partial charge in [-0.3, -0.25) is 0 Å². The first-order chi connectivity index (χ1) is 6.77. The highest BCUT2D eigenvalue weighted by Crippen LogP contribution is 2.32. The molecule has 3 nitrogen and oxygen atoms in total. The van der Waals surface area contributed by atoms with Crippen LogP contribution in [0, 0.1) is 0 Å². The number of benzene rings is 1. The maximum absolute atomic E-state index is 9.21. The van der Waals surface area contributed by atoms with Gasteiger partial charge in [-0.25, -0.2) is 0 Å². The lowest BCUT2D eigenvalue weighted by atomic mass is 10.1. The van der Waals surface area contributed by atoms with E-state index >= 15 is 0 Å². The van der Waals surface area contributed by atoms with Crippen molar-refractivity contribution in [2.24, 2.45) is 0 Å². The Morgan fingerprint density at radius 2 is 2.36 bits per heavy atom. The van der Waals surface area contributed by atoms with Gasteiger partial charge in [0.05, 0.1) is 12.8 Å². The summed E-state index contributed by atoms with van der Waals surface area (Å²) in [5.74, 6) is 0. The third kappa shape index (κ3) is 1.29. The number of fused-ring (bicyclic) bond motifs is 1. The third-order valence-electron chi connectivity index (χ3n) is 3.00. The highest BCUT2D eigenvalue weighted by Gasteiger charge is 2.26. The van der Waals surface area contributed by atoms with Crippen molar-refractivity contribution in [3.05, 3.63) is 29.3 Å². The van der Waals surface area contributed by atoms with Crippen molar-refractivity contribution in [2.75, 3.05) is 19.0 Å². The first kappa shape index (κ1) is 9.49. The van der Waals surface area contributed by atoms with Gasteiger partial charge >= 0.3 is 0 Å². The first-order valence-electron chi connectivity index (χ1n) is 4.89. The molecular weight excluding hydrogens is 176 g/mol. The summed E-state index contributed by atoms with van der Waals surface area (Å²) in [5.41, 5.74) is 3.56. The van der Waals surface area contributed by atoms with Crippen LogP contribution in [-0.4, -0.2) is 25.4 Å². The second-order valence-corrected chi connectivity index (χ2v) is 3.69. The summed E-state index contributed by atoms with van der Waals surface area (Å²) >= 11 is 0. The van der Waals surface area contributed by atoms with Gasteiger partial charge in [-0.05, 0) is 24.2 Å². The number of rotatable bonds is 2. The molecule has 2 N–H and O–H groups in total. The van der Waals surface area contributed by atoms with Crippen molar-refractivity contribution < 1.29 is 5.11 Å². The lowest BCUT2D eigenvalue weighted by Crippen LogP contribution is -2.38. The molecule has 0 amide bonds. The maximum Gasteiger partial charge on any atom is 0.0831 e. The number of nitrogens with zero attached hydrogens (tertiary/aromatic N) is 1. The molecule has 2 rings (SSSR count). The van der Waals surface area contributed by atoms with Crippen molar-refractivity contribution >= 4 is 5.69 Å². The molecule has 1 aliphatic rings. The van der Waals surface area contributed by atoms with Gasteiger partial charge in [0, 0.05) is 19.2 Å². The fourth-order valence-electron chi connectivity index (χ4n) is 2.13. The lowest BCUT2D eigenvalue weighted by molar-refractivity contribution is 0.280. The number of nitrogens with one attached hydrogen (secondary N) is 1. The molecule has 0 saturated heterocycles. The largest absolute Gasteiger partial charge is 0.392 e. The molecule has 0 aliphatic carbocycles. The fraction of sp³-hybridized carbons (Fsp3) is 0.455. The maximum atomic E-state index is 9.21. The molecule has 0 fully saturated rings. The van der Waals surface area contributed by atoms with Crippen LogP contribution in [-0.2, 0) is 13.0 Å². The standard InChI is InChI=1S/C11H16N2O/c1-12-11-6-9-8(7-14)4-3-5-10(9)13(11)2/h3-5,11-12,14H,6-7H2,1-2H3. The molecular formula is C11H16N2O. The van der Waals surface area contributed by atoms with Crippen molar-refractivity contribution in [1.29, 1.82) is 0 Å². The van der Waals surface area contributed by atoms with Crippen LogP contribution in [0.2, 0.25) is 0 Å². The predicted molar refractivity (Wildman–Crippen MR) is 57.3 cm³/mol. The van der Waals surface area contributed by atoms with E-state index in [-0.39, 0.29) is 6.61 Å². The van der Waals surface area contributed by atoms with Gasteiger partial charge < -0.3 is 15.3 Å². The number of aliphatic hydroxyl groups excluding tert-OH is 1. The van der Waals surface area contributed by atoms with E-state index in [2.05, 4.69) is 23.3 Å². The van der Waals surface area contributed by atoms with Gasteiger partial charge in [-0.15, -0.1) is 0 Å². The van der Waals surface area contributed by atoms with E-state index in [1.807, 2.05) is 19.2 Å². The molecule has 14 heavy (non-hydrogen) atoms. The van der Waals surface area contributed by atoms with Crippen molar-refractivity contribution in [3.63, 3.8) is 0 Å². The Bertz CT molecular complexity index is 338. The predicted octanol–water partition coefficient (Wildman–Crippen LogP) is 0.717. The molecule has 3 heteroatoms. The van der Waals surface area contributed by atoms with E-state index in [4.69, 9.17) is 0 Å². The normalized spacial score (nSPS) is 19.9. The molecule has 1 aromatic carbocycles. The van der Waals surface area contributed by atoms with E-state index < -0.39 is 0 Å². The second-order valence-electron chi connectivity index (χ2n) is 3.69. The minimum atomic E-state index is 0.132. The van der Waals surface area contributed by atoms with Gasteiger partial charge in [0.15, 0.2) is 0 Å². The third-order valence-corrected chi connectivity index (χ3v) is 3.00. The fourth-order valence-corrected chi connectivity index (χ4v) is 2.13. The van der Waals surface area contributed by atoms with Gasteiger partial charge in [-0.2, -0.15) is 0 Å². The smallest absolute Gasteiger partial charge is 0.0831 e. The summed E-state index contributed by atoms with van der Waals surface area (Å²) in [6.07, 6.45) is 1.33. The number of anilines is 1. The summed E-state index contributed by atoms with van der Waals surface area (Å²) in [5, 5.41) is 12.5. The summed E-state index contributed by atoms with van der Waals surface area (Å²) in [6.45, 7) is 0.132. The van der Waals surface area contributed by atoms with Crippen LogP contribution in [0.5, 0.6) is 0 Å². The Morgan fingerprint density at radius 3 is 3.00 bits per heavy atom. The Balaban J connectivity index is 2.42. The monoisotopic (exact) mass is 192 g/mol. The molecule has 0 saturated carbocycles. The zero-order valence-corrected chi connectivity index (χ0v) is 8.62. The Hall–Kier alpha value is -1.06. The van der Waals surface area contributed by atoms with Crippen LogP contribution in [0.15, 0.2) is 18.2 Å². The molecule has 0 radical (unpaired) electrons. The number of aliphatic hydroxyl groups is 1. The summed E-state index contributed by atoms with van der Waals surface area (Å²) in [7, 11) is 4.04. The quantitative estimate of drug-likeness (QED) is 0.724. The summed E-state index contributed by atoms with van der Waals surface area (Å²) in [4.78, 5) is 2.22. The van der Waals surface area contributed by atoms with Crippen LogP contribution < -0.4 is 10.2 Å². The highest BCUT2D eigenvalue weighted by molar-refractivity contribution is 5.61. The SMILES string of the molecule is CNC1Cc2c(CO)cccc2N1C. The van der Waals surface area contributed by atoms with Crippen LogP contribution in [0.3, 0.4) is 0 Å². The minimum absolute atomic E-state index is 0.132. The Morgan fingerprint density at radius 1 is 1.57 bits per heavy atom. The van der Waals surface area contributed by atoms with E-state index in [1.165, 1.54) is 11.3 Å². The molecule has 1 unspecified atom stereocenters. The van der Waals surface area contributed by atoms with Gasteiger partial charge in [0.25, 0.3) is 0 Å². The van der Waals surface area contributed by atoms with Crippen LogP contribution >= 0.6 is 0 Å². The average Bonchev–Trinajstić information content (AvgIpc) is 2.55. The molecule has 1 aromatic rings. The van der Waals surface area contributed by atoms with Gasteiger partial charge in [0.2, 0.25) is 0 Å². The Labute approximate surface area is 84.4 Å². The van der Waals surface area contributed by atoms with Crippen molar-refractivity contribution in [3.8, 4) is 0 Å². The van der Waals surface area contributed by atoms with E-state index in [0.29, 0.717) is 6.17 Å². The van der Waals surface area contributed by atoms with E-state index in [1.54, 1.807) is 0 Å². The van der Waals surface area contributed by atoms with Crippen molar-refractivity contribution in [1.82, 2.24) is 5.32 Å². The van der Waals surface area contributed by atoms with Crippen molar-refractivity contribution in [2.45, 2.75) is 19.2 Å². The van der Waals surface area contributed by atoms with Crippen LogP contribution in [0.1, 0.15) is 11.1 Å². The summed E-state index contributed by atoms with van der Waals surface area (Å²) in [6, 6.07) is 6.09. The molecule has 0 aromatic heterocycles. The van der Waals surface area contributed by atoms with Crippen LogP contribution in [0.4, 0.5) is 5.69 Å². The minimum Gasteiger partial charge on any atom is -0.392 e. The second kappa shape index (κ2) is 3.59. The van der Waals surface area contributed by atoms with E-state index in [9.17, 15) is 5.11 Å². The average molecular weight is 192 g/mol. The summed E-state index contributed by atoms with van der Waals surface area (Å²) < 4.78 is 0. The zero-order valence-electron chi connectivity index (χ0n) is 8.62. The van der Waals surface area contributed by atoms with Crippen LogP contribution in [0.25, 0.3) is 0 Å².